The largest absolute Gasteiger partial charge is 0.416 e. The van der Waals surface area contributed by atoms with Gasteiger partial charge >= 0.3 is 6.18 Å². The highest BCUT2D eigenvalue weighted by atomic mass is 79.9. The van der Waals surface area contributed by atoms with Crippen LogP contribution in [-0.2, 0) is 12.6 Å². The van der Waals surface area contributed by atoms with Gasteiger partial charge in [0.15, 0.2) is 0 Å². The molecule has 0 aliphatic carbocycles. The van der Waals surface area contributed by atoms with Gasteiger partial charge in [-0.1, -0.05) is 33.6 Å². The van der Waals surface area contributed by atoms with Crippen LogP contribution in [0.1, 0.15) is 22.0 Å². The average molecular weight is 400 g/mol. The summed E-state index contributed by atoms with van der Waals surface area (Å²) in [6.07, 6.45) is -4.11. The van der Waals surface area contributed by atoms with Crippen LogP contribution >= 0.6 is 38.9 Å². The van der Waals surface area contributed by atoms with Crippen LogP contribution in [0.4, 0.5) is 13.2 Å². The molecule has 3 N–H and O–H groups in total. The van der Waals surface area contributed by atoms with Crippen LogP contribution in [0.15, 0.2) is 34.8 Å². The summed E-state index contributed by atoms with van der Waals surface area (Å²) in [4.78, 5) is 0.860. The molecule has 0 fully saturated rings. The Bertz CT molecular complexity index is 630. The van der Waals surface area contributed by atoms with Crippen LogP contribution in [0.5, 0.6) is 0 Å². The van der Waals surface area contributed by atoms with Gasteiger partial charge in [0.1, 0.15) is 0 Å². The molecule has 1 unspecified atom stereocenters. The van der Waals surface area contributed by atoms with Crippen molar-refractivity contribution in [3.63, 3.8) is 0 Å². The fourth-order valence-corrected chi connectivity index (χ4v) is 3.49. The van der Waals surface area contributed by atoms with Crippen LogP contribution in [-0.4, -0.2) is 0 Å². The fraction of sp³-hybridized carbons (Fsp3) is 0.231. The Morgan fingerprint density at radius 1 is 1.29 bits per heavy atom. The van der Waals surface area contributed by atoms with Gasteiger partial charge in [0.25, 0.3) is 0 Å². The highest BCUT2D eigenvalue weighted by molar-refractivity contribution is 9.10. The third-order valence-electron chi connectivity index (χ3n) is 2.93. The maximum atomic E-state index is 13.2. The summed E-state index contributed by atoms with van der Waals surface area (Å²) in [5, 5.41) is 0. The number of halogens is 5. The quantitative estimate of drug-likeness (QED) is 0.565. The van der Waals surface area contributed by atoms with Crippen LogP contribution in [0, 0.1) is 0 Å². The Hall–Kier alpha value is -0.600. The number of hydrazine groups is 1. The molecule has 0 amide bonds. The third kappa shape index (κ3) is 4.20. The SMILES string of the molecule is NNC(Cc1ccc(Cl)s1)c1ccc(Br)cc1C(F)(F)F. The number of hydrogen-bond acceptors (Lipinski definition) is 3. The summed E-state index contributed by atoms with van der Waals surface area (Å²) in [6, 6.07) is 6.89. The summed E-state index contributed by atoms with van der Waals surface area (Å²) >= 11 is 10.2. The number of alkyl halides is 3. The summed E-state index contributed by atoms with van der Waals surface area (Å²) < 4.78 is 40.4. The lowest BCUT2D eigenvalue weighted by atomic mass is 9.97. The van der Waals surface area contributed by atoms with Gasteiger partial charge < -0.3 is 0 Å². The molecule has 1 atom stereocenters. The van der Waals surface area contributed by atoms with E-state index in [4.69, 9.17) is 17.4 Å². The first-order valence-corrected chi connectivity index (χ1v) is 7.87. The monoisotopic (exact) mass is 398 g/mol. The normalized spacial score (nSPS) is 13.4. The lowest BCUT2D eigenvalue weighted by molar-refractivity contribution is -0.138. The molecule has 8 heteroatoms. The highest BCUT2D eigenvalue weighted by Gasteiger charge is 2.35. The van der Waals surface area contributed by atoms with Crippen molar-refractivity contribution in [3.8, 4) is 0 Å². The predicted molar refractivity (Wildman–Crippen MR) is 82.2 cm³/mol. The van der Waals surface area contributed by atoms with Gasteiger partial charge in [0.05, 0.1) is 15.9 Å². The van der Waals surface area contributed by atoms with Gasteiger partial charge in [0, 0.05) is 15.8 Å². The zero-order valence-electron chi connectivity index (χ0n) is 10.5. The van der Waals surface area contributed by atoms with E-state index in [9.17, 15) is 13.2 Å². The van der Waals surface area contributed by atoms with E-state index in [1.165, 1.54) is 17.4 Å². The van der Waals surface area contributed by atoms with Gasteiger partial charge in [-0.2, -0.15) is 13.2 Å². The molecule has 0 saturated heterocycles. The minimum absolute atomic E-state index is 0.109. The minimum Gasteiger partial charge on any atom is -0.271 e. The van der Waals surface area contributed by atoms with Crippen LogP contribution in [0.25, 0.3) is 0 Å². The first-order chi connectivity index (χ1) is 9.81. The molecule has 0 aliphatic rings. The van der Waals surface area contributed by atoms with E-state index in [1.807, 2.05) is 0 Å². The number of benzene rings is 1. The molecule has 0 saturated carbocycles. The molecule has 0 radical (unpaired) electrons. The molecule has 1 aromatic carbocycles. The topological polar surface area (TPSA) is 38.0 Å². The van der Waals surface area contributed by atoms with Crippen LogP contribution < -0.4 is 11.3 Å². The summed E-state index contributed by atoms with van der Waals surface area (Å²) in [5.41, 5.74) is 1.86. The first-order valence-electron chi connectivity index (χ1n) is 5.88. The van der Waals surface area contributed by atoms with Crippen molar-refractivity contribution in [1.82, 2.24) is 5.43 Å². The van der Waals surface area contributed by atoms with Crippen molar-refractivity contribution in [2.45, 2.75) is 18.6 Å². The second kappa shape index (κ2) is 6.66. The van der Waals surface area contributed by atoms with E-state index in [0.29, 0.717) is 15.2 Å². The Balaban J connectivity index is 2.38. The maximum absolute atomic E-state index is 13.2. The van der Waals surface area contributed by atoms with Gasteiger partial charge in [-0.25, -0.2) is 0 Å². The lowest BCUT2D eigenvalue weighted by Gasteiger charge is -2.21. The fourth-order valence-electron chi connectivity index (χ4n) is 2.00. The van der Waals surface area contributed by atoms with Gasteiger partial charge in [0.2, 0.25) is 0 Å². The molecular formula is C13H11BrClF3N2S. The number of nitrogens with two attached hydrogens (primary N) is 1. The van der Waals surface area contributed by atoms with E-state index < -0.39 is 17.8 Å². The summed E-state index contributed by atoms with van der Waals surface area (Å²) in [5.74, 6) is 5.45. The Kier molecular flexibility index (Phi) is 5.32. The van der Waals surface area contributed by atoms with E-state index >= 15 is 0 Å². The second-order valence-electron chi connectivity index (χ2n) is 4.36. The smallest absolute Gasteiger partial charge is 0.271 e. The van der Waals surface area contributed by atoms with E-state index in [-0.39, 0.29) is 5.56 Å². The lowest BCUT2D eigenvalue weighted by Crippen LogP contribution is -2.31. The van der Waals surface area contributed by atoms with Crippen LogP contribution in [0.3, 0.4) is 0 Å². The molecule has 2 nitrogen and oxygen atoms in total. The van der Waals surface area contributed by atoms with Gasteiger partial charge in [-0.05, 0) is 29.8 Å². The number of hydrogen-bond donors (Lipinski definition) is 2. The Labute approximate surface area is 137 Å². The van der Waals surface area contributed by atoms with Crippen molar-refractivity contribution in [1.29, 1.82) is 0 Å². The molecule has 2 rings (SSSR count). The van der Waals surface area contributed by atoms with Crippen molar-refractivity contribution in [2.24, 2.45) is 5.84 Å². The van der Waals surface area contributed by atoms with Crippen molar-refractivity contribution >= 4 is 38.9 Å². The molecule has 2 aromatic rings. The first kappa shape index (κ1) is 16.8. The number of rotatable bonds is 4. The predicted octanol–water partition coefficient (Wildman–Crippen LogP) is 4.93. The van der Waals surface area contributed by atoms with Crippen molar-refractivity contribution in [2.75, 3.05) is 0 Å². The number of thiophene rings is 1. The standard InChI is InChI=1S/C13H11BrClF3N2S/c14-7-1-3-9(10(5-7)13(16,17)18)11(20-19)6-8-2-4-12(15)21-8/h1-5,11,20H,6,19H2. The zero-order valence-corrected chi connectivity index (χ0v) is 13.7. The van der Waals surface area contributed by atoms with Crippen molar-refractivity contribution in [3.05, 3.63) is 55.1 Å². The van der Waals surface area contributed by atoms with Gasteiger partial charge in [-0.3, -0.25) is 11.3 Å². The molecular weight excluding hydrogens is 389 g/mol. The van der Waals surface area contributed by atoms with E-state index in [2.05, 4.69) is 21.4 Å². The van der Waals surface area contributed by atoms with E-state index in [0.717, 1.165) is 10.9 Å². The second-order valence-corrected chi connectivity index (χ2v) is 7.07. The van der Waals surface area contributed by atoms with E-state index in [1.54, 1.807) is 18.2 Å². The zero-order chi connectivity index (χ0) is 15.6. The molecule has 114 valence electrons. The number of nitrogens with one attached hydrogen (secondary N) is 1. The molecule has 0 aliphatic heterocycles. The molecule has 1 aromatic heterocycles. The van der Waals surface area contributed by atoms with Crippen LogP contribution in [0.2, 0.25) is 4.34 Å². The Morgan fingerprint density at radius 2 is 2.00 bits per heavy atom. The summed E-state index contributed by atoms with van der Waals surface area (Å²) in [6.45, 7) is 0. The third-order valence-corrected chi connectivity index (χ3v) is 4.68. The Morgan fingerprint density at radius 3 is 2.52 bits per heavy atom. The summed E-state index contributed by atoms with van der Waals surface area (Å²) in [7, 11) is 0. The molecule has 0 spiro atoms. The van der Waals surface area contributed by atoms with Crippen molar-refractivity contribution < 1.29 is 13.2 Å². The molecule has 21 heavy (non-hydrogen) atoms. The maximum Gasteiger partial charge on any atom is 0.416 e. The average Bonchev–Trinajstić information content (AvgIpc) is 2.81. The molecule has 1 heterocycles. The van der Waals surface area contributed by atoms with Gasteiger partial charge in [-0.15, -0.1) is 11.3 Å². The minimum atomic E-state index is -4.44. The molecule has 0 bridgehead atoms. The highest BCUT2D eigenvalue weighted by Crippen LogP contribution is 2.37.